The minimum absolute atomic E-state index is 0.119. The summed E-state index contributed by atoms with van der Waals surface area (Å²) >= 11 is 0. The van der Waals surface area contributed by atoms with Crippen LogP contribution < -0.4 is 10.1 Å². The van der Waals surface area contributed by atoms with Gasteiger partial charge in [0.1, 0.15) is 23.8 Å². The number of ketones is 1. The number of hydrogen-bond acceptors (Lipinski definition) is 6. The van der Waals surface area contributed by atoms with E-state index in [2.05, 4.69) is 22.4 Å². The Morgan fingerprint density at radius 2 is 1.97 bits per heavy atom. The Morgan fingerprint density at radius 3 is 2.75 bits per heavy atom. The number of phenolic OH excluding ortho intramolecular Hbond substituents is 1. The highest BCUT2D eigenvalue weighted by Crippen LogP contribution is 2.32. The van der Waals surface area contributed by atoms with Crippen LogP contribution in [-0.4, -0.2) is 51.6 Å². The number of hydrogen-bond donors (Lipinski definition) is 3. The Kier molecular flexibility index (Phi) is 6.41. The molecule has 0 bridgehead atoms. The molecule has 4 rings (SSSR count). The lowest BCUT2D eigenvalue weighted by molar-refractivity contribution is 0.0748. The van der Waals surface area contributed by atoms with Gasteiger partial charge in [0, 0.05) is 37.5 Å². The molecule has 32 heavy (non-hydrogen) atoms. The zero-order valence-corrected chi connectivity index (χ0v) is 18.4. The summed E-state index contributed by atoms with van der Waals surface area (Å²) in [6.45, 7) is 7.11. The van der Waals surface area contributed by atoms with Crippen LogP contribution in [0.3, 0.4) is 0 Å². The molecule has 0 unspecified atom stereocenters. The molecule has 0 radical (unpaired) electrons. The molecule has 0 saturated heterocycles. The summed E-state index contributed by atoms with van der Waals surface area (Å²) in [5, 5.41) is 21.1. The molecule has 0 saturated carbocycles. The van der Waals surface area contributed by atoms with E-state index in [1.54, 1.807) is 17.9 Å². The number of aromatic hydroxyl groups is 1. The van der Waals surface area contributed by atoms with Crippen LogP contribution in [0.25, 0.3) is 10.9 Å². The first-order valence-corrected chi connectivity index (χ1v) is 11.0. The Balaban J connectivity index is 1.49. The van der Waals surface area contributed by atoms with E-state index in [9.17, 15) is 14.7 Å². The van der Waals surface area contributed by atoms with E-state index in [-0.39, 0.29) is 28.7 Å². The number of nitrogens with one attached hydrogen (secondary N) is 2. The lowest BCUT2D eigenvalue weighted by atomic mass is 10.1. The van der Waals surface area contributed by atoms with Crippen LogP contribution >= 0.6 is 0 Å². The van der Waals surface area contributed by atoms with Crippen LogP contribution in [0.1, 0.15) is 58.7 Å². The Hall–Kier alpha value is -3.39. The van der Waals surface area contributed by atoms with Crippen molar-refractivity contribution < 1.29 is 19.4 Å². The monoisotopic (exact) mass is 436 g/mol. The van der Waals surface area contributed by atoms with Gasteiger partial charge in [-0.25, -0.2) is 0 Å². The van der Waals surface area contributed by atoms with Gasteiger partial charge < -0.3 is 20.1 Å². The van der Waals surface area contributed by atoms with Gasteiger partial charge in [0.2, 0.25) is 0 Å². The standard InChI is InChI=1S/C24H28N4O4/c1-3-7-25-8-9-32-17-6-5-15-13-28(14-16(15)10-17)24(31)19-11-18-20(12-22(19)30)26-27-23(18)21(29)4-2/h5-6,10-12,25,30H,3-4,7-9,13-14H2,1-2H3,(H,26,27). The van der Waals surface area contributed by atoms with Crippen molar-refractivity contribution in [3.8, 4) is 11.5 Å². The van der Waals surface area contributed by atoms with Gasteiger partial charge in [-0.05, 0) is 42.3 Å². The molecule has 2 heterocycles. The fourth-order valence-corrected chi connectivity index (χ4v) is 3.92. The topological polar surface area (TPSA) is 108 Å². The van der Waals surface area contributed by atoms with E-state index in [0.717, 1.165) is 36.4 Å². The van der Waals surface area contributed by atoms with Crippen LogP contribution in [0.15, 0.2) is 30.3 Å². The molecule has 1 aliphatic heterocycles. The summed E-state index contributed by atoms with van der Waals surface area (Å²) in [5.41, 5.74) is 3.06. The number of fused-ring (bicyclic) bond motifs is 2. The third-order valence-electron chi connectivity index (χ3n) is 5.66. The van der Waals surface area contributed by atoms with Crippen LogP contribution in [0.2, 0.25) is 0 Å². The molecule has 2 aromatic carbocycles. The second kappa shape index (κ2) is 9.40. The van der Waals surface area contributed by atoms with Crippen LogP contribution in [0.5, 0.6) is 11.5 Å². The third kappa shape index (κ3) is 4.31. The Morgan fingerprint density at radius 1 is 1.16 bits per heavy atom. The lowest BCUT2D eigenvalue weighted by Crippen LogP contribution is -2.25. The number of carbonyl (C=O) groups excluding carboxylic acids is 2. The zero-order valence-electron chi connectivity index (χ0n) is 18.4. The van der Waals surface area contributed by atoms with E-state index in [0.29, 0.717) is 37.0 Å². The maximum Gasteiger partial charge on any atom is 0.258 e. The number of rotatable bonds is 9. The lowest BCUT2D eigenvalue weighted by Gasteiger charge is -2.16. The largest absolute Gasteiger partial charge is 0.507 e. The smallest absolute Gasteiger partial charge is 0.258 e. The van der Waals surface area contributed by atoms with E-state index in [4.69, 9.17) is 4.74 Å². The highest BCUT2D eigenvalue weighted by atomic mass is 16.5. The number of phenols is 1. The summed E-state index contributed by atoms with van der Waals surface area (Å²) in [6.07, 6.45) is 1.40. The second-order valence-electron chi connectivity index (χ2n) is 7.95. The quantitative estimate of drug-likeness (QED) is 0.351. The number of aromatic amines is 1. The van der Waals surface area contributed by atoms with Gasteiger partial charge >= 0.3 is 0 Å². The number of H-pyrrole nitrogens is 1. The van der Waals surface area contributed by atoms with Crippen molar-refractivity contribution >= 4 is 22.6 Å². The van der Waals surface area contributed by atoms with Crippen molar-refractivity contribution in [2.75, 3.05) is 19.7 Å². The fraction of sp³-hybridized carbons (Fsp3) is 0.375. The van der Waals surface area contributed by atoms with Crippen molar-refractivity contribution in [3.63, 3.8) is 0 Å². The van der Waals surface area contributed by atoms with Gasteiger partial charge in [-0.1, -0.05) is 19.9 Å². The number of nitrogens with zero attached hydrogens (tertiary/aromatic N) is 2. The molecule has 0 atom stereocenters. The van der Waals surface area contributed by atoms with E-state index in [1.807, 2.05) is 18.2 Å². The molecule has 3 N–H and O–H groups in total. The average molecular weight is 437 g/mol. The molecular formula is C24H28N4O4. The number of aromatic nitrogens is 2. The molecule has 168 valence electrons. The normalized spacial score (nSPS) is 12.9. The maximum atomic E-state index is 13.2. The zero-order chi connectivity index (χ0) is 22.7. The van der Waals surface area contributed by atoms with Gasteiger partial charge in [0.25, 0.3) is 5.91 Å². The van der Waals surface area contributed by atoms with Crippen LogP contribution in [0.4, 0.5) is 0 Å². The predicted molar refractivity (Wildman–Crippen MR) is 121 cm³/mol. The van der Waals surface area contributed by atoms with Crippen molar-refractivity contribution in [1.29, 1.82) is 0 Å². The SMILES string of the molecule is CCCNCCOc1ccc2c(c1)CN(C(=O)c1cc3c(C(=O)CC)n[nH]c3cc1O)C2. The molecule has 8 nitrogen and oxygen atoms in total. The minimum Gasteiger partial charge on any atom is -0.507 e. The second-order valence-corrected chi connectivity index (χ2v) is 7.95. The van der Waals surface area contributed by atoms with Crippen molar-refractivity contribution in [2.24, 2.45) is 0 Å². The molecule has 8 heteroatoms. The fourth-order valence-electron chi connectivity index (χ4n) is 3.92. The third-order valence-corrected chi connectivity index (χ3v) is 5.66. The summed E-state index contributed by atoms with van der Waals surface area (Å²) in [4.78, 5) is 27.1. The summed E-state index contributed by atoms with van der Waals surface area (Å²) in [5.74, 6) is 0.234. The number of amides is 1. The van der Waals surface area contributed by atoms with Gasteiger partial charge in [0.05, 0.1) is 11.1 Å². The molecule has 1 aliphatic rings. The Labute approximate surface area is 186 Å². The van der Waals surface area contributed by atoms with Crippen molar-refractivity contribution in [3.05, 3.63) is 52.7 Å². The first-order valence-electron chi connectivity index (χ1n) is 11.0. The Bertz CT molecular complexity index is 1150. The molecule has 1 amide bonds. The van der Waals surface area contributed by atoms with Gasteiger partial charge in [-0.2, -0.15) is 5.10 Å². The van der Waals surface area contributed by atoms with E-state index >= 15 is 0 Å². The molecule has 1 aromatic heterocycles. The summed E-state index contributed by atoms with van der Waals surface area (Å²) in [6, 6.07) is 8.88. The van der Waals surface area contributed by atoms with E-state index < -0.39 is 0 Å². The first-order chi connectivity index (χ1) is 15.5. The number of ether oxygens (including phenoxy) is 1. The first kappa shape index (κ1) is 21.8. The summed E-state index contributed by atoms with van der Waals surface area (Å²) < 4.78 is 5.81. The van der Waals surface area contributed by atoms with E-state index in [1.165, 1.54) is 6.07 Å². The van der Waals surface area contributed by atoms with Gasteiger partial charge in [-0.15, -0.1) is 0 Å². The van der Waals surface area contributed by atoms with Gasteiger partial charge in [-0.3, -0.25) is 14.7 Å². The number of Topliss-reactive ketones (excluding diaryl/α,β-unsaturated/α-hetero) is 1. The summed E-state index contributed by atoms with van der Waals surface area (Å²) in [7, 11) is 0. The van der Waals surface area contributed by atoms with Crippen molar-refractivity contribution in [2.45, 2.75) is 39.8 Å². The number of benzene rings is 2. The highest BCUT2D eigenvalue weighted by molar-refractivity contribution is 6.09. The highest BCUT2D eigenvalue weighted by Gasteiger charge is 2.27. The molecule has 0 spiro atoms. The molecule has 3 aromatic rings. The number of carbonyl (C=O) groups is 2. The minimum atomic E-state index is -0.289. The maximum absolute atomic E-state index is 13.2. The molecule has 0 fully saturated rings. The van der Waals surface area contributed by atoms with Crippen LogP contribution in [0, 0.1) is 0 Å². The van der Waals surface area contributed by atoms with Crippen molar-refractivity contribution in [1.82, 2.24) is 20.4 Å². The molecular weight excluding hydrogens is 408 g/mol. The molecule has 0 aliphatic carbocycles. The average Bonchev–Trinajstić information content (AvgIpc) is 3.40. The van der Waals surface area contributed by atoms with Gasteiger partial charge in [0.15, 0.2) is 5.78 Å². The predicted octanol–water partition coefficient (Wildman–Crippen LogP) is 3.40. The van der Waals surface area contributed by atoms with Crippen LogP contribution in [-0.2, 0) is 13.1 Å².